The Bertz CT molecular complexity index is 919. The molecular weight excluding hydrogens is 374 g/mol. The Balaban J connectivity index is 1.91. The van der Waals surface area contributed by atoms with Gasteiger partial charge < -0.3 is 29.4 Å². The molecule has 0 radical (unpaired) electrons. The third-order valence-corrected chi connectivity index (χ3v) is 5.48. The predicted molar refractivity (Wildman–Crippen MR) is 110 cm³/mol. The fourth-order valence-electron chi connectivity index (χ4n) is 4.14. The molecule has 1 fully saturated rings. The highest BCUT2D eigenvalue weighted by Crippen LogP contribution is 2.37. The van der Waals surface area contributed by atoms with E-state index >= 15 is 0 Å². The number of esters is 1. The van der Waals surface area contributed by atoms with Crippen molar-refractivity contribution >= 4 is 28.5 Å². The summed E-state index contributed by atoms with van der Waals surface area (Å²) in [5.74, 6) is 0.337. The van der Waals surface area contributed by atoms with Gasteiger partial charge in [0.15, 0.2) is 18.0 Å². The van der Waals surface area contributed by atoms with E-state index in [9.17, 15) is 9.59 Å². The van der Waals surface area contributed by atoms with E-state index in [4.69, 9.17) is 14.2 Å². The van der Waals surface area contributed by atoms with Crippen LogP contribution in [0.5, 0.6) is 11.5 Å². The van der Waals surface area contributed by atoms with Crippen LogP contribution in [0.25, 0.3) is 10.9 Å². The largest absolute Gasteiger partial charge is 0.493 e. The summed E-state index contributed by atoms with van der Waals surface area (Å²) >= 11 is 0. The Kier molecular flexibility index (Phi) is 6.02. The lowest BCUT2D eigenvalue weighted by Crippen LogP contribution is -3.15. The lowest BCUT2D eigenvalue weighted by atomic mass is 9.84. The molecule has 0 aliphatic carbocycles. The van der Waals surface area contributed by atoms with Crippen molar-refractivity contribution in [2.45, 2.75) is 26.7 Å². The third-order valence-electron chi connectivity index (χ3n) is 5.48. The minimum atomic E-state index is -0.555. The van der Waals surface area contributed by atoms with Crippen LogP contribution in [0, 0.1) is 5.41 Å². The Morgan fingerprint density at radius 2 is 1.86 bits per heavy atom. The third kappa shape index (κ3) is 4.48. The fraction of sp³-hybridized carbons (Fsp3) is 0.524. The molecule has 3 rings (SSSR count). The van der Waals surface area contributed by atoms with Gasteiger partial charge in [0, 0.05) is 16.9 Å². The first-order chi connectivity index (χ1) is 13.8. The van der Waals surface area contributed by atoms with Crippen LogP contribution in [0.4, 0.5) is 5.69 Å². The number of H-pyrrole nitrogens is 1. The molecule has 2 heterocycles. The van der Waals surface area contributed by atoms with Gasteiger partial charge in [-0.1, -0.05) is 13.8 Å². The van der Waals surface area contributed by atoms with E-state index in [0.717, 1.165) is 19.5 Å². The van der Waals surface area contributed by atoms with Crippen molar-refractivity contribution in [3.05, 3.63) is 17.8 Å². The molecule has 8 nitrogen and oxygen atoms in total. The van der Waals surface area contributed by atoms with E-state index in [1.807, 2.05) is 0 Å². The van der Waals surface area contributed by atoms with Gasteiger partial charge in [0.05, 0.1) is 45.6 Å². The molecule has 1 saturated heterocycles. The maximum atomic E-state index is 12.8. The predicted octanol–water partition coefficient (Wildman–Crippen LogP) is 1.62. The molecule has 2 aromatic rings. The summed E-state index contributed by atoms with van der Waals surface area (Å²) in [5, 5.41) is 3.58. The molecule has 1 aliphatic heterocycles. The summed E-state index contributed by atoms with van der Waals surface area (Å²) in [4.78, 5) is 29.4. The number of likely N-dealkylation sites (tertiary alicyclic amines) is 1. The van der Waals surface area contributed by atoms with Crippen molar-refractivity contribution in [1.29, 1.82) is 0 Å². The van der Waals surface area contributed by atoms with Crippen molar-refractivity contribution in [2.24, 2.45) is 5.41 Å². The first-order valence-electron chi connectivity index (χ1n) is 9.77. The van der Waals surface area contributed by atoms with E-state index in [1.165, 1.54) is 25.5 Å². The smallest absolute Gasteiger partial charge is 0.356 e. The van der Waals surface area contributed by atoms with Crippen LogP contribution in [-0.4, -0.2) is 57.8 Å². The monoisotopic (exact) mass is 404 g/mol. The molecule has 1 atom stereocenters. The molecule has 1 aliphatic rings. The zero-order valence-electron chi connectivity index (χ0n) is 17.7. The molecule has 1 aromatic heterocycles. The van der Waals surface area contributed by atoms with E-state index in [-0.39, 0.29) is 17.0 Å². The highest BCUT2D eigenvalue weighted by molar-refractivity contribution is 6.11. The number of piperidine rings is 1. The molecule has 0 saturated carbocycles. The summed E-state index contributed by atoms with van der Waals surface area (Å²) in [7, 11) is 4.39. The molecule has 29 heavy (non-hydrogen) atoms. The van der Waals surface area contributed by atoms with Crippen molar-refractivity contribution in [2.75, 3.05) is 46.3 Å². The summed E-state index contributed by atoms with van der Waals surface area (Å²) < 4.78 is 15.6. The zero-order valence-corrected chi connectivity index (χ0v) is 17.7. The maximum Gasteiger partial charge on any atom is 0.356 e. The van der Waals surface area contributed by atoms with Gasteiger partial charge in [-0.15, -0.1) is 0 Å². The number of methoxy groups -OCH3 is 3. The number of benzene rings is 1. The van der Waals surface area contributed by atoms with Gasteiger partial charge in [0.1, 0.15) is 5.69 Å². The normalized spacial score (nSPS) is 18.3. The number of rotatable bonds is 6. The minimum absolute atomic E-state index is 0.140. The summed E-state index contributed by atoms with van der Waals surface area (Å²) in [6.45, 7) is 6.74. The van der Waals surface area contributed by atoms with Gasteiger partial charge in [-0.3, -0.25) is 4.79 Å². The molecule has 0 spiro atoms. The standard InChI is InChI=1S/C21H29N3O5/c1-21(2)7-6-8-24(12-21)11-17(25)23-18-13-9-15(27-3)16(28-4)10-14(13)22-19(18)20(26)29-5/h9-10,22H,6-8,11-12H2,1-5H3,(H,23,25)/p+1. The summed E-state index contributed by atoms with van der Waals surface area (Å²) in [6.07, 6.45) is 2.28. The van der Waals surface area contributed by atoms with Gasteiger partial charge in [-0.25, -0.2) is 4.79 Å². The molecule has 158 valence electrons. The molecular formula is C21H30N3O5+. The van der Waals surface area contributed by atoms with Crippen LogP contribution >= 0.6 is 0 Å². The van der Waals surface area contributed by atoms with E-state index in [2.05, 4.69) is 24.1 Å². The topological polar surface area (TPSA) is 94.1 Å². The van der Waals surface area contributed by atoms with Crippen molar-refractivity contribution in [1.82, 2.24) is 4.98 Å². The minimum Gasteiger partial charge on any atom is -0.493 e. The molecule has 0 bridgehead atoms. The van der Waals surface area contributed by atoms with E-state index < -0.39 is 5.97 Å². The SMILES string of the molecule is COC(=O)c1[nH]c2cc(OC)c(OC)cc2c1NC(=O)C[NH+]1CCCC(C)(C)C1. The number of quaternary nitrogens is 1. The van der Waals surface area contributed by atoms with Crippen LogP contribution in [-0.2, 0) is 9.53 Å². The van der Waals surface area contributed by atoms with Crippen molar-refractivity contribution in [3.63, 3.8) is 0 Å². The maximum absolute atomic E-state index is 12.8. The Morgan fingerprint density at radius 1 is 1.17 bits per heavy atom. The quantitative estimate of drug-likeness (QED) is 0.636. The lowest BCUT2D eigenvalue weighted by Gasteiger charge is -2.34. The van der Waals surface area contributed by atoms with Crippen LogP contribution in [0.1, 0.15) is 37.2 Å². The van der Waals surface area contributed by atoms with Gasteiger partial charge in [0.25, 0.3) is 5.91 Å². The van der Waals surface area contributed by atoms with Gasteiger partial charge in [-0.2, -0.15) is 0 Å². The molecule has 1 amide bonds. The Morgan fingerprint density at radius 3 is 2.48 bits per heavy atom. The summed E-state index contributed by atoms with van der Waals surface area (Å²) in [6, 6.07) is 3.47. The molecule has 1 unspecified atom stereocenters. The van der Waals surface area contributed by atoms with Crippen LogP contribution < -0.4 is 19.7 Å². The number of hydrogen-bond donors (Lipinski definition) is 3. The first-order valence-corrected chi connectivity index (χ1v) is 9.77. The van der Waals surface area contributed by atoms with Crippen LogP contribution in [0.3, 0.4) is 0 Å². The second kappa shape index (κ2) is 8.32. The number of amides is 1. The van der Waals surface area contributed by atoms with E-state index in [0.29, 0.717) is 34.6 Å². The number of ether oxygens (including phenoxy) is 3. The van der Waals surface area contributed by atoms with Gasteiger partial charge in [0.2, 0.25) is 0 Å². The number of aromatic amines is 1. The number of hydrogen-bond acceptors (Lipinski definition) is 5. The molecule has 3 N–H and O–H groups in total. The van der Waals surface area contributed by atoms with Gasteiger partial charge in [-0.05, 0) is 18.9 Å². The number of aromatic nitrogens is 1. The second-order valence-electron chi connectivity index (χ2n) is 8.29. The highest BCUT2D eigenvalue weighted by Gasteiger charge is 2.31. The molecule has 1 aromatic carbocycles. The highest BCUT2D eigenvalue weighted by atomic mass is 16.5. The number of fused-ring (bicyclic) bond motifs is 1. The number of carbonyl (C=O) groups excluding carboxylic acids is 2. The lowest BCUT2D eigenvalue weighted by molar-refractivity contribution is -0.904. The average Bonchev–Trinajstić information content (AvgIpc) is 3.02. The van der Waals surface area contributed by atoms with Crippen LogP contribution in [0.15, 0.2) is 12.1 Å². The van der Waals surface area contributed by atoms with E-state index in [1.54, 1.807) is 19.2 Å². The second-order valence-corrected chi connectivity index (χ2v) is 8.29. The van der Waals surface area contributed by atoms with Crippen molar-refractivity contribution in [3.8, 4) is 11.5 Å². The number of carbonyl (C=O) groups is 2. The fourth-order valence-corrected chi connectivity index (χ4v) is 4.14. The van der Waals surface area contributed by atoms with Gasteiger partial charge >= 0.3 is 5.97 Å². The van der Waals surface area contributed by atoms with Crippen molar-refractivity contribution < 1.29 is 28.7 Å². The average molecular weight is 404 g/mol. The Hall–Kier alpha value is -2.74. The Labute approximate surface area is 170 Å². The zero-order chi connectivity index (χ0) is 21.2. The van der Waals surface area contributed by atoms with Crippen LogP contribution in [0.2, 0.25) is 0 Å². The number of anilines is 1. The number of nitrogens with one attached hydrogen (secondary N) is 3. The molecule has 8 heteroatoms. The summed E-state index contributed by atoms with van der Waals surface area (Å²) in [5.41, 5.74) is 1.47. The first kappa shape index (κ1) is 21.0.